The Morgan fingerprint density at radius 2 is 1.35 bits per heavy atom. The number of carbonyl (C=O) groups excluding carboxylic acids is 2. The molecule has 0 unspecified atom stereocenters. The molecule has 0 saturated carbocycles. The first-order valence-corrected chi connectivity index (χ1v) is 15.5. The van der Waals surface area contributed by atoms with Crippen LogP contribution in [-0.4, -0.2) is 82.2 Å². The molecule has 0 aliphatic carbocycles. The summed E-state index contributed by atoms with van der Waals surface area (Å²) >= 11 is 6.50. The van der Waals surface area contributed by atoms with E-state index in [1.165, 1.54) is 49.8 Å². The lowest BCUT2D eigenvalue weighted by molar-refractivity contribution is 0.0686. The number of nitrogens with one attached hydrogen (secondary N) is 2. The molecule has 0 fully saturated rings. The number of amides is 2. The van der Waals surface area contributed by atoms with Crippen LogP contribution in [0.3, 0.4) is 0 Å². The molecule has 0 radical (unpaired) electrons. The summed E-state index contributed by atoms with van der Waals surface area (Å²) in [6, 6.07) is 14.7. The Morgan fingerprint density at radius 1 is 0.750 bits per heavy atom. The fourth-order valence-electron chi connectivity index (χ4n) is 4.90. The molecule has 17 nitrogen and oxygen atoms in total. The Labute approximate surface area is 298 Å². The van der Waals surface area contributed by atoms with Gasteiger partial charge in [0.1, 0.15) is 6.33 Å². The molecule has 18 heteroatoms. The molecule has 6 aromatic rings. The first kappa shape index (κ1) is 34.7. The van der Waals surface area contributed by atoms with Gasteiger partial charge in [-0.3, -0.25) is 14.2 Å². The third-order valence-corrected chi connectivity index (χ3v) is 7.83. The van der Waals surface area contributed by atoms with Gasteiger partial charge in [0, 0.05) is 48.4 Å². The van der Waals surface area contributed by atoms with E-state index in [2.05, 4.69) is 36.0 Å². The van der Waals surface area contributed by atoms with E-state index in [-0.39, 0.29) is 63.4 Å². The normalized spacial score (nSPS) is 10.7. The second kappa shape index (κ2) is 15.2. The lowest BCUT2D eigenvalue weighted by atomic mass is 10.1. The van der Waals surface area contributed by atoms with E-state index >= 15 is 0 Å². The van der Waals surface area contributed by atoms with E-state index in [9.17, 15) is 29.4 Å². The molecule has 262 valence electrons. The minimum Gasteiger partial charge on any atom is -0.493 e. The summed E-state index contributed by atoms with van der Waals surface area (Å²) in [5, 5.41) is 40.8. The van der Waals surface area contributed by atoms with Crippen molar-refractivity contribution in [2.75, 3.05) is 24.4 Å². The highest BCUT2D eigenvalue weighted by molar-refractivity contribution is 6.32. The fourth-order valence-corrected chi connectivity index (χ4v) is 5.15. The number of hydrogen-bond donors (Lipinski definition) is 4. The van der Waals surface area contributed by atoms with Crippen LogP contribution in [0.15, 0.2) is 91.8 Å². The number of imidazole rings is 1. The van der Waals surface area contributed by atoms with Crippen LogP contribution < -0.4 is 20.1 Å². The second-order valence-electron chi connectivity index (χ2n) is 10.8. The van der Waals surface area contributed by atoms with E-state index in [0.29, 0.717) is 17.2 Å². The van der Waals surface area contributed by atoms with Crippen molar-refractivity contribution in [3.05, 3.63) is 125 Å². The van der Waals surface area contributed by atoms with Gasteiger partial charge in [0.15, 0.2) is 34.5 Å². The minimum atomic E-state index is -1.34. The molecule has 4 N–H and O–H groups in total. The van der Waals surface area contributed by atoms with Crippen LogP contribution in [0, 0.1) is 0 Å². The number of rotatable bonds is 13. The number of nitrogens with zero attached hydrogens (tertiary/aromatic N) is 7. The van der Waals surface area contributed by atoms with Gasteiger partial charge in [-0.15, -0.1) is 20.4 Å². The fraction of sp³-hybridized carbons (Fsp3) is 0.0882. The number of carbonyl (C=O) groups is 4. The van der Waals surface area contributed by atoms with Crippen LogP contribution in [0.5, 0.6) is 11.5 Å². The number of carboxylic acid groups (broad SMARTS) is 2. The van der Waals surface area contributed by atoms with E-state index in [0.717, 1.165) is 0 Å². The third-order valence-electron chi connectivity index (χ3n) is 7.48. The van der Waals surface area contributed by atoms with Crippen LogP contribution in [0.2, 0.25) is 5.02 Å². The van der Waals surface area contributed by atoms with Crippen molar-refractivity contribution < 1.29 is 38.9 Å². The number of aromatic nitrogens is 7. The molecule has 52 heavy (non-hydrogen) atoms. The number of halogens is 1. The Kier molecular flexibility index (Phi) is 10.1. The standard InChI is InChI=1S/C34H26ClN9O8/c1-51-27-15-21(34(49)50)26(38-32(46)23-4-6-29(41-39-23)43-10-2-3-11-43)17-28(27)52-13-8-19-14-20(33(47)48)25(16-22(19)35)37-31(45)24-5-7-30(42-40-24)44-12-9-36-18-44/h2-7,9-12,14-18H,8,13H2,1H3,(H,37,45)(H,38,46)(H,47,48)(H,49,50). The smallest absolute Gasteiger partial charge is 0.337 e. The zero-order valence-electron chi connectivity index (χ0n) is 26.9. The first-order valence-electron chi connectivity index (χ1n) is 15.2. The van der Waals surface area contributed by atoms with Crippen LogP contribution in [0.4, 0.5) is 11.4 Å². The van der Waals surface area contributed by atoms with Crippen molar-refractivity contribution in [2.45, 2.75) is 6.42 Å². The van der Waals surface area contributed by atoms with Gasteiger partial charge in [-0.05, 0) is 54.1 Å². The number of ether oxygens (including phenoxy) is 2. The Balaban J connectivity index is 1.15. The second-order valence-corrected chi connectivity index (χ2v) is 11.2. The summed E-state index contributed by atoms with van der Waals surface area (Å²) in [7, 11) is 1.32. The predicted molar refractivity (Wildman–Crippen MR) is 184 cm³/mol. The number of aromatic carboxylic acids is 2. The van der Waals surface area contributed by atoms with Crippen molar-refractivity contribution in [3.8, 4) is 23.1 Å². The van der Waals surface area contributed by atoms with Crippen molar-refractivity contribution >= 4 is 46.7 Å². The maximum Gasteiger partial charge on any atom is 0.337 e. The van der Waals surface area contributed by atoms with Gasteiger partial charge in [-0.1, -0.05) is 11.6 Å². The molecule has 2 amide bonds. The van der Waals surface area contributed by atoms with Crippen molar-refractivity contribution in [1.82, 2.24) is 34.5 Å². The summed E-state index contributed by atoms with van der Waals surface area (Å²) in [5.41, 5.74) is -0.440. The Bertz CT molecular complexity index is 2260. The highest BCUT2D eigenvalue weighted by atomic mass is 35.5. The Hall–Kier alpha value is -7.14. The third kappa shape index (κ3) is 7.68. The number of benzene rings is 2. The average molecular weight is 724 g/mol. The number of methoxy groups -OCH3 is 1. The summed E-state index contributed by atoms with van der Waals surface area (Å²) in [5.74, 6) is -3.05. The topological polar surface area (TPSA) is 226 Å². The summed E-state index contributed by atoms with van der Waals surface area (Å²) in [4.78, 5) is 54.1. The molecule has 0 aliphatic rings. The van der Waals surface area contributed by atoms with Crippen molar-refractivity contribution in [1.29, 1.82) is 0 Å². The molecule has 0 saturated heterocycles. The minimum absolute atomic E-state index is 0.0582. The average Bonchev–Trinajstić information content (AvgIpc) is 3.88. The highest BCUT2D eigenvalue weighted by Gasteiger charge is 2.21. The predicted octanol–water partition coefficient (Wildman–Crippen LogP) is 4.43. The van der Waals surface area contributed by atoms with Gasteiger partial charge in [-0.2, -0.15) is 0 Å². The molecular weight excluding hydrogens is 698 g/mol. The number of anilines is 2. The van der Waals surface area contributed by atoms with Crippen LogP contribution in [-0.2, 0) is 6.42 Å². The van der Waals surface area contributed by atoms with Gasteiger partial charge in [0.05, 0.1) is 36.2 Å². The summed E-state index contributed by atoms with van der Waals surface area (Å²) in [6.07, 6.45) is 8.34. The van der Waals surface area contributed by atoms with E-state index in [1.807, 2.05) is 0 Å². The molecule has 4 aromatic heterocycles. The van der Waals surface area contributed by atoms with Crippen LogP contribution in [0.25, 0.3) is 11.6 Å². The largest absolute Gasteiger partial charge is 0.493 e. The molecule has 0 aliphatic heterocycles. The van der Waals surface area contributed by atoms with Gasteiger partial charge in [-0.25, -0.2) is 14.6 Å². The highest BCUT2D eigenvalue weighted by Crippen LogP contribution is 2.35. The van der Waals surface area contributed by atoms with E-state index < -0.39 is 23.8 Å². The van der Waals surface area contributed by atoms with Gasteiger partial charge < -0.3 is 34.9 Å². The zero-order valence-corrected chi connectivity index (χ0v) is 27.7. The zero-order chi connectivity index (χ0) is 36.8. The summed E-state index contributed by atoms with van der Waals surface area (Å²) < 4.78 is 14.5. The van der Waals surface area contributed by atoms with Crippen LogP contribution >= 0.6 is 11.6 Å². The molecule has 2 aromatic carbocycles. The maximum absolute atomic E-state index is 13.0. The van der Waals surface area contributed by atoms with Gasteiger partial charge in [0.2, 0.25) is 0 Å². The maximum atomic E-state index is 13.0. The van der Waals surface area contributed by atoms with Crippen molar-refractivity contribution in [2.24, 2.45) is 0 Å². The molecule has 0 bridgehead atoms. The van der Waals surface area contributed by atoms with Crippen molar-refractivity contribution in [3.63, 3.8) is 0 Å². The Morgan fingerprint density at radius 3 is 1.88 bits per heavy atom. The molecule has 6 rings (SSSR count). The van der Waals surface area contributed by atoms with Gasteiger partial charge >= 0.3 is 11.9 Å². The quantitative estimate of drug-likeness (QED) is 0.130. The van der Waals surface area contributed by atoms with Crippen LogP contribution in [0.1, 0.15) is 47.3 Å². The number of carboxylic acids is 2. The van der Waals surface area contributed by atoms with E-state index in [4.69, 9.17) is 21.1 Å². The number of hydrogen-bond acceptors (Lipinski definition) is 11. The molecular formula is C34H26ClN9O8. The molecule has 0 spiro atoms. The van der Waals surface area contributed by atoms with Gasteiger partial charge in [0.25, 0.3) is 11.8 Å². The van der Waals surface area contributed by atoms with E-state index in [1.54, 1.807) is 58.2 Å². The monoisotopic (exact) mass is 723 g/mol. The molecule has 0 atom stereocenters. The first-order chi connectivity index (χ1) is 25.1. The SMILES string of the molecule is COc1cc(C(=O)O)c(NC(=O)c2ccc(-n3cccc3)nn2)cc1OCCc1cc(C(=O)O)c(NC(=O)c2ccc(-n3ccnc3)nn2)cc1Cl. The lowest BCUT2D eigenvalue weighted by Gasteiger charge is -2.16. The summed E-state index contributed by atoms with van der Waals surface area (Å²) in [6.45, 7) is -0.0775. The molecule has 4 heterocycles. The lowest BCUT2D eigenvalue weighted by Crippen LogP contribution is -2.18.